The van der Waals surface area contributed by atoms with Crippen LogP contribution < -0.4 is 10.5 Å². The minimum atomic E-state index is -3.61. The number of hydrogen-bond acceptors (Lipinski definition) is 4. The number of aliphatic hydroxyl groups is 1. The van der Waals surface area contributed by atoms with E-state index in [1.54, 1.807) is 26.8 Å². The predicted molar refractivity (Wildman–Crippen MR) is 76.5 cm³/mol. The smallest absolute Gasteiger partial charge is 0.241 e. The maximum Gasteiger partial charge on any atom is 0.241 e. The lowest BCUT2D eigenvalue weighted by Gasteiger charge is -2.16. The first-order chi connectivity index (χ1) is 8.70. The van der Waals surface area contributed by atoms with E-state index in [-0.39, 0.29) is 24.0 Å². The minimum Gasteiger partial charge on any atom is -0.398 e. The van der Waals surface area contributed by atoms with Crippen molar-refractivity contribution >= 4 is 15.7 Å². The van der Waals surface area contributed by atoms with Crippen molar-refractivity contribution in [3.05, 3.63) is 22.8 Å². The zero-order valence-electron chi connectivity index (χ0n) is 11.8. The second kappa shape index (κ2) is 5.90. The summed E-state index contributed by atoms with van der Waals surface area (Å²) in [6, 6.07) is 1.77. The van der Waals surface area contributed by atoms with Gasteiger partial charge in [0.15, 0.2) is 0 Å². The number of anilines is 1. The van der Waals surface area contributed by atoms with Crippen LogP contribution in [-0.2, 0) is 10.0 Å². The molecule has 1 aromatic carbocycles. The van der Waals surface area contributed by atoms with E-state index < -0.39 is 10.0 Å². The minimum absolute atomic E-state index is 0.0590. The number of sulfonamides is 1. The molecule has 108 valence electrons. The van der Waals surface area contributed by atoms with Crippen molar-refractivity contribution in [2.24, 2.45) is 5.92 Å². The molecule has 5 nitrogen and oxygen atoms in total. The molecule has 0 saturated heterocycles. The highest BCUT2D eigenvalue weighted by Crippen LogP contribution is 2.27. The SMILES string of the molecule is Cc1cc(C)c(S(=O)(=O)NCC(C)CO)c(C)c1N. The van der Waals surface area contributed by atoms with E-state index in [0.29, 0.717) is 16.8 Å². The number of nitrogens with one attached hydrogen (secondary N) is 1. The Labute approximate surface area is 114 Å². The Hall–Kier alpha value is -1.11. The summed E-state index contributed by atoms with van der Waals surface area (Å²) in [5, 5.41) is 8.94. The second-order valence-electron chi connectivity index (χ2n) is 5.02. The van der Waals surface area contributed by atoms with E-state index >= 15 is 0 Å². The highest BCUT2D eigenvalue weighted by atomic mass is 32.2. The molecule has 0 heterocycles. The molecule has 0 saturated carbocycles. The van der Waals surface area contributed by atoms with Crippen molar-refractivity contribution in [2.75, 3.05) is 18.9 Å². The van der Waals surface area contributed by atoms with Gasteiger partial charge in [-0.05, 0) is 43.4 Å². The summed E-state index contributed by atoms with van der Waals surface area (Å²) >= 11 is 0. The van der Waals surface area contributed by atoms with Crippen LogP contribution in [0, 0.1) is 26.7 Å². The number of rotatable bonds is 5. The molecule has 0 fully saturated rings. The first-order valence-electron chi connectivity index (χ1n) is 6.17. The van der Waals surface area contributed by atoms with Gasteiger partial charge in [0.05, 0.1) is 4.90 Å². The normalized spacial score (nSPS) is 13.5. The number of hydrogen-bond donors (Lipinski definition) is 3. The number of benzene rings is 1. The number of nitrogen functional groups attached to an aromatic ring is 1. The summed E-state index contributed by atoms with van der Waals surface area (Å²) in [5.74, 6) is -0.127. The maximum absolute atomic E-state index is 12.3. The Morgan fingerprint density at radius 1 is 1.32 bits per heavy atom. The first kappa shape index (κ1) is 15.9. The van der Waals surface area contributed by atoms with E-state index in [4.69, 9.17) is 10.8 Å². The highest BCUT2D eigenvalue weighted by Gasteiger charge is 2.22. The molecule has 1 rings (SSSR count). The third-order valence-electron chi connectivity index (χ3n) is 3.16. The topological polar surface area (TPSA) is 92.4 Å². The zero-order chi connectivity index (χ0) is 14.8. The van der Waals surface area contributed by atoms with Gasteiger partial charge in [-0.1, -0.05) is 13.0 Å². The summed E-state index contributed by atoms with van der Waals surface area (Å²) in [6.45, 7) is 7.23. The standard InChI is InChI=1S/C13H22N2O3S/c1-8(7-16)6-15-19(17,18)13-10(3)5-9(2)12(14)11(13)4/h5,8,15-16H,6-7,14H2,1-4H3. The highest BCUT2D eigenvalue weighted by molar-refractivity contribution is 7.89. The average molecular weight is 286 g/mol. The van der Waals surface area contributed by atoms with Crippen LogP contribution in [0.5, 0.6) is 0 Å². The Morgan fingerprint density at radius 3 is 2.42 bits per heavy atom. The maximum atomic E-state index is 12.3. The number of aryl methyl sites for hydroxylation is 2. The van der Waals surface area contributed by atoms with Crippen LogP contribution in [0.1, 0.15) is 23.6 Å². The molecule has 19 heavy (non-hydrogen) atoms. The van der Waals surface area contributed by atoms with E-state index in [2.05, 4.69) is 4.72 Å². The van der Waals surface area contributed by atoms with Gasteiger partial charge in [-0.15, -0.1) is 0 Å². The van der Waals surface area contributed by atoms with E-state index in [0.717, 1.165) is 5.56 Å². The van der Waals surface area contributed by atoms with Crippen LogP contribution >= 0.6 is 0 Å². The quantitative estimate of drug-likeness (QED) is 0.707. The van der Waals surface area contributed by atoms with Gasteiger partial charge in [-0.3, -0.25) is 0 Å². The fourth-order valence-corrected chi connectivity index (χ4v) is 3.63. The van der Waals surface area contributed by atoms with Gasteiger partial charge < -0.3 is 10.8 Å². The van der Waals surface area contributed by atoms with Gasteiger partial charge in [0.1, 0.15) is 0 Å². The molecule has 1 atom stereocenters. The Kier molecular flexibility index (Phi) is 4.95. The van der Waals surface area contributed by atoms with Crippen molar-refractivity contribution in [3.8, 4) is 0 Å². The Morgan fingerprint density at radius 2 is 1.89 bits per heavy atom. The number of aliphatic hydroxyl groups excluding tert-OH is 1. The fourth-order valence-electron chi connectivity index (χ4n) is 1.98. The lowest BCUT2D eigenvalue weighted by molar-refractivity contribution is 0.238. The molecule has 0 bridgehead atoms. The van der Waals surface area contributed by atoms with Crippen LogP contribution in [0.2, 0.25) is 0 Å². The van der Waals surface area contributed by atoms with Gasteiger partial charge in [0.2, 0.25) is 10.0 Å². The van der Waals surface area contributed by atoms with Gasteiger partial charge in [-0.25, -0.2) is 13.1 Å². The van der Waals surface area contributed by atoms with Gasteiger partial charge in [0, 0.05) is 18.8 Å². The molecule has 1 unspecified atom stereocenters. The summed E-state index contributed by atoms with van der Waals surface area (Å²) in [7, 11) is -3.61. The molecule has 0 spiro atoms. The van der Waals surface area contributed by atoms with Crippen LogP contribution in [0.3, 0.4) is 0 Å². The van der Waals surface area contributed by atoms with Crippen molar-refractivity contribution in [3.63, 3.8) is 0 Å². The lowest BCUT2D eigenvalue weighted by Crippen LogP contribution is -2.30. The molecule has 0 aliphatic heterocycles. The third kappa shape index (κ3) is 3.46. The molecule has 4 N–H and O–H groups in total. The largest absolute Gasteiger partial charge is 0.398 e. The van der Waals surface area contributed by atoms with Crippen molar-refractivity contribution in [1.29, 1.82) is 0 Å². The average Bonchev–Trinajstić information content (AvgIpc) is 2.33. The molecule has 1 aromatic rings. The summed E-state index contributed by atoms with van der Waals surface area (Å²) < 4.78 is 27.1. The van der Waals surface area contributed by atoms with Crippen LogP contribution in [0.4, 0.5) is 5.69 Å². The zero-order valence-corrected chi connectivity index (χ0v) is 12.6. The molecule has 6 heteroatoms. The summed E-state index contributed by atoms with van der Waals surface area (Å²) in [5.41, 5.74) is 8.52. The molecule has 0 aliphatic carbocycles. The summed E-state index contributed by atoms with van der Waals surface area (Å²) in [4.78, 5) is 0.237. The van der Waals surface area contributed by atoms with Crippen molar-refractivity contribution < 1.29 is 13.5 Å². The molecular weight excluding hydrogens is 264 g/mol. The number of nitrogens with two attached hydrogens (primary N) is 1. The fraction of sp³-hybridized carbons (Fsp3) is 0.538. The van der Waals surface area contributed by atoms with Crippen molar-refractivity contribution in [2.45, 2.75) is 32.6 Å². The lowest BCUT2D eigenvalue weighted by atomic mass is 10.1. The van der Waals surface area contributed by atoms with E-state index in [9.17, 15) is 8.42 Å². The van der Waals surface area contributed by atoms with Gasteiger partial charge in [0.25, 0.3) is 0 Å². The molecule has 0 radical (unpaired) electrons. The first-order valence-corrected chi connectivity index (χ1v) is 7.65. The van der Waals surface area contributed by atoms with Crippen molar-refractivity contribution in [1.82, 2.24) is 4.72 Å². The van der Waals surface area contributed by atoms with Crippen LogP contribution in [0.15, 0.2) is 11.0 Å². The van der Waals surface area contributed by atoms with E-state index in [1.165, 1.54) is 0 Å². The molecular formula is C13H22N2O3S. The Bertz CT molecular complexity index is 568. The van der Waals surface area contributed by atoms with Crippen LogP contribution in [-0.4, -0.2) is 26.7 Å². The monoisotopic (exact) mass is 286 g/mol. The van der Waals surface area contributed by atoms with Gasteiger partial charge >= 0.3 is 0 Å². The van der Waals surface area contributed by atoms with Crippen LogP contribution in [0.25, 0.3) is 0 Å². The summed E-state index contributed by atoms with van der Waals surface area (Å²) in [6.07, 6.45) is 0. The van der Waals surface area contributed by atoms with E-state index in [1.807, 2.05) is 6.92 Å². The second-order valence-corrected chi connectivity index (χ2v) is 6.72. The molecule has 0 aliphatic rings. The predicted octanol–water partition coefficient (Wildman–Crippen LogP) is 1.10. The Balaban J connectivity index is 3.19. The third-order valence-corrected chi connectivity index (χ3v) is 4.88. The van der Waals surface area contributed by atoms with Gasteiger partial charge in [-0.2, -0.15) is 0 Å². The molecule has 0 aromatic heterocycles. The molecule has 0 amide bonds.